The molecule has 0 radical (unpaired) electrons. The van der Waals surface area contributed by atoms with E-state index >= 15 is 0 Å². The van der Waals surface area contributed by atoms with E-state index < -0.39 is 0 Å². The zero-order chi connectivity index (χ0) is 23.8. The van der Waals surface area contributed by atoms with Crippen LogP contribution in [0.2, 0.25) is 5.02 Å². The first-order valence-electron chi connectivity index (χ1n) is 10.9. The minimum Gasteiger partial charge on any atom is -0.455 e. The van der Waals surface area contributed by atoms with Crippen LogP contribution in [0, 0.1) is 0 Å². The molecule has 6 rings (SSSR count). The van der Waals surface area contributed by atoms with Crippen molar-refractivity contribution in [3.63, 3.8) is 0 Å². The number of ether oxygens (including phenoxy) is 1. The minimum atomic E-state index is -0.329. The van der Waals surface area contributed by atoms with Crippen molar-refractivity contribution in [3.8, 4) is 34.0 Å². The highest BCUT2D eigenvalue weighted by Gasteiger charge is 2.18. The summed E-state index contributed by atoms with van der Waals surface area (Å²) >= 11 is 6.61. The lowest BCUT2D eigenvalue weighted by Crippen LogP contribution is -2.08. The van der Waals surface area contributed by atoms with Crippen molar-refractivity contribution >= 4 is 33.7 Å². The molecule has 0 spiro atoms. The molecule has 0 aliphatic rings. The van der Waals surface area contributed by atoms with Gasteiger partial charge in [-0.15, -0.1) is 0 Å². The molecule has 0 unspecified atom stereocenters. The van der Waals surface area contributed by atoms with Crippen LogP contribution >= 0.6 is 11.6 Å². The van der Waals surface area contributed by atoms with Crippen molar-refractivity contribution in [1.29, 1.82) is 0 Å². The number of aromatic nitrogens is 4. The van der Waals surface area contributed by atoms with Crippen LogP contribution < -0.4 is 10.3 Å². The molecule has 1 N–H and O–H groups in total. The highest BCUT2D eigenvalue weighted by molar-refractivity contribution is 6.35. The van der Waals surface area contributed by atoms with Gasteiger partial charge in [-0.25, -0.2) is 9.97 Å². The number of hydrogen-bond acceptors (Lipinski definition) is 5. The molecule has 0 saturated heterocycles. The van der Waals surface area contributed by atoms with Crippen LogP contribution in [-0.2, 0) is 0 Å². The summed E-state index contributed by atoms with van der Waals surface area (Å²) in [4.78, 5) is 29.5. The molecule has 6 aromatic rings. The number of nitrogens with zero attached hydrogens (tertiary/aromatic N) is 3. The molecule has 0 atom stereocenters. The molecular formula is C28H17ClN4O2. The highest BCUT2D eigenvalue weighted by Crippen LogP contribution is 2.36. The number of hydrogen-bond donors (Lipinski definition) is 1. The van der Waals surface area contributed by atoms with Gasteiger partial charge in [-0.2, -0.15) is 0 Å². The number of benzene rings is 3. The van der Waals surface area contributed by atoms with Gasteiger partial charge in [-0.1, -0.05) is 66.2 Å². The Kier molecular flexibility index (Phi) is 5.20. The summed E-state index contributed by atoms with van der Waals surface area (Å²) in [5.41, 5.74) is 4.01. The molecule has 3 heterocycles. The first-order valence-corrected chi connectivity index (χ1v) is 11.3. The maximum absolute atomic E-state index is 12.5. The van der Waals surface area contributed by atoms with E-state index in [2.05, 4.69) is 9.97 Å². The Morgan fingerprint density at radius 2 is 1.49 bits per heavy atom. The van der Waals surface area contributed by atoms with Crippen LogP contribution in [0.4, 0.5) is 0 Å². The van der Waals surface area contributed by atoms with Gasteiger partial charge in [0.05, 0.1) is 21.9 Å². The monoisotopic (exact) mass is 476 g/mol. The van der Waals surface area contributed by atoms with Gasteiger partial charge in [-0.05, 0) is 30.3 Å². The average Bonchev–Trinajstić information content (AvgIpc) is 2.89. The largest absolute Gasteiger partial charge is 0.455 e. The van der Waals surface area contributed by atoms with Gasteiger partial charge in [0.15, 0.2) is 11.4 Å². The van der Waals surface area contributed by atoms with E-state index in [9.17, 15) is 4.79 Å². The third-order valence-electron chi connectivity index (χ3n) is 5.58. The van der Waals surface area contributed by atoms with Crippen LogP contribution in [0.3, 0.4) is 0 Å². The van der Waals surface area contributed by atoms with E-state index in [1.54, 1.807) is 6.20 Å². The molecule has 0 bridgehead atoms. The molecule has 168 valence electrons. The molecule has 0 fully saturated rings. The maximum Gasteiger partial charge on any atom is 0.253 e. The fourth-order valence-corrected chi connectivity index (χ4v) is 4.29. The number of aromatic amines is 1. The van der Waals surface area contributed by atoms with Crippen LogP contribution in [0.25, 0.3) is 44.6 Å². The van der Waals surface area contributed by atoms with Crippen LogP contribution in [0.1, 0.15) is 0 Å². The fraction of sp³-hybridized carbons (Fsp3) is 0. The smallest absolute Gasteiger partial charge is 0.253 e. The highest BCUT2D eigenvalue weighted by atomic mass is 35.5. The lowest BCUT2D eigenvalue weighted by molar-refractivity contribution is 0.486. The van der Waals surface area contributed by atoms with Gasteiger partial charge in [0, 0.05) is 28.8 Å². The van der Waals surface area contributed by atoms with E-state index in [0.29, 0.717) is 44.6 Å². The zero-order valence-electron chi connectivity index (χ0n) is 18.3. The number of rotatable bonds is 4. The average molecular weight is 477 g/mol. The standard InChI is InChI=1S/C28H17ClN4O2/c29-21-15-19(14-18-10-7-13-30-24(18)21)26-25(17-8-3-1-4-9-17)33-28-27(32-26)22(16-23(34)31-28)35-20-11-5-2-6-12-20/h1-16H,(H,31,33,34). The van der Waals surface area contributed by atoms with Gasteiger partial charge >= 0.3 is 0 Å². The first kappa shape index (κ1) is 21.0. The third-order valence-corrected chi connectivity index (χ3v) is 5.87. The van der Waals surface area contributed by atoms with E-state index in [1.165, 1.54) is 6.07 Å². The Balaban J connectivity index is 1.64. The third kappa shape index (κ3) is 4.00. The number of halogens is 1. The number of nitrogens with one attached hydrogen (secondary N) is 1. The van der Waals surface area contributed by atoms with Crippen LogP contribution in [0.5, 0.6) is 11.5 Å². The summed E-state index contributed by atoms with van der Waals surface area (Å²) in [5, 5.41) is 1.40. The van der Waals surface area contributed by atoms with Gasteiger partial charge in [0.25, 0.3) is 5.56 Å². The van der Waals surface area contributed by atoms with Gasteiger partial charge in [0.2, 0.25) is 0 Å². The van der Waals surface area contributed by atoms with E-state index in [4.69, 9.17) is 26.3 Å². The Labute approximate surface area is 204 Å². The van der Waals surface area contributed by atoms with Gasteiger partial charge in [0.1, 0.15) is 11.3 Å². The van der Waals surface area contributed by atoms with Crippen molar-refractivity contribution in [1.82, 2.24) is 19.9 Å². The first-order chi connectivity index (χ1) is 17.2. The normalized spacial score (nSPS) is 11.1. The molecule has 3 aromatic carbocycles. The predicted molar refractivity (Wildman–Crippen MR) is 138 cm³/mol. The fourth-order valence-electron chi connectivity index (χ4n) is 4.01. The molecule has 0 aliphatic heterocycles. The molecule has 3 aromatic heterocycles. The molecule has 0 amide bonds. The molecule has 6 nitrogen and oxygen atoms in total. The number of pyridine rings is 2. The van der Waals surface area contributed by atoms with Crippen molar-refractivity contribution in [2.24, 2.45) is 0 Å². The topological polar surface area (TPSA) is 80.8 Å². The summed E-state index contributed by atoms with van der Waals surface area (Å²) in [6, 6.07) is 28.0. The second-order valence-corrected chi connectivity index (χ2v) is 8.34. The zero-order valence-corrected chi connectivity index (χ0v) is 19.0. The maximum atomic E-state index is 12.5. The minimum absolute atomic E-state index is 0.317. The Morgan fingerprint density at radius 1 is 0.743 bits per heavy atom. The molecule has 7 heteroatoms. The van der Waals surface area contributed by atoms with Crippen molar-refractivity contribution in [2.75, 3.05) is 0 Å². The lowest BCUT2D eigenvalue weighted by atomic mass is 10.0. The SMILES string of the molecule is O=c1cc(Oc2ccccc2)c2nc(-c3cc(Cl)c4ncccc4c3)c(-c3ccccc3)nc2[nH]1. The van der Waals surface area contributed by atoms with E-state index in [1.807, 2.05) is 84.9 Å². The summed E-state index contributed by atoms with van der Waals surface area (Å²) in [6.07, 6.45) is 1.71. The van der Waals surface area contributed by atoms with Gasteiger partial charge in [-0.3, -0.25) is 9.78 Å². The molecule has 0 aliphatic carbocycles. The second-order valence-electron chi connectivity index (χ2n) is 7.93. The number of para-hydroxylation sites is 1. The number of fused-ring (bicyclic) bond motifs is 2. The van der Waals surface area contributed by atoms with E-state index in [0.717, 1.165) is 16.5 Å². The second kappa shape index (κ2) is 8.66. The summed E-state index contributed by atoms with van der Waals surface area (Å²) in [7, 11) is 0. The van der Waals surface area contributed by atoms with Crippen molar-refractivity contribution < 1.29 is 4.74 Å². The predicted octanol–water partition coefficient (Wildman–Crippen LogP) is 6.65. The summed E-state index contributed by atoms with van der Waals surface area (Å²) in [6.45, 7) is 0. The Hall–Kier alpha value is -4.55. The Morgan fingerprint density at radius 3 is 2.29 bits per heavy atom. The summed E-state index contributed by atoms with van der Waals surface area (Å²) < 4.78 is 6.04. The quantitative estimate of drug-likeness (QED) is 0.308. The van der Waals surface area contributed by atoms with E-state index in [-0.39, 0.29) is 5.56 Å². The van der Waals surface area contributed by atoms with Crippen LogP contribution in [0.15, 0.2) is 102 Å². The lowest BCUT2D eigenvalue weighted by Gasteiger charge is -2.14. The number of H-pyrrole nitrogens is 1. The molecule has 35 heavy (non-hydrogen) atoms. The molecule has 0 saturated carbocycles. The Bertz CT molecular complexity index is 1750. The van der Waals surface area contributed by atoms with Crippen molar-refractivity contribution in [3.05, 3.63) is 113 Å². The molecular weight excluding hydrogens is 460 g/mol. The van der Waals surface area contributed by atoms with Gasteiger partial charge < -0.3 is 9.72 Å². The summed E-state index contributed by atoms with van der Waals surface area (Å²) in [5.74, 6) is 0.909. The van der Waals surface area contributed by atoms with Crippen LogP contribution in [-0.4, -0.2) is 19.9 Å². The van der Waals surface area contributed by atoms with Crippen molar-refractivity contribution in [2.45, 2.75) is 0 Å².